The van der Waals surface area contributed by atoms with Gasteiger partial charge in [0.2, 0.25) is 0 Å². The van der Waals surface area contributed by atoms with Crippen molar-refractivity contribution in [3.05, 3.63) is 41.9 Å². The summed E-state index contributed by atoms with van der Waals surface area (Å²) in [7, 11) is 1.78. The maximum absolute atomic E-state index is 12.6. The number of benzene rings is 1. The number of carbonyl (C=O) groups is 1. The summed E-state index contributed by atoms with van der Waals surface area (Å²) in [6, 6.07) is 7.25. The highest BCUT2D eigenvalue weighted by Gasteiger charge is 2.19. The number of hydrogen-bond donors (Lipinski definition) is 2. The molecule has 3 aromatic rings. The summed E-state index contributed by atoms with van der Waals surface area (Å²) >= 11 is 0. The van der Waals surface area contributed by atoms with Crippen molar-refractivity contribution in [2.24, 2.45) is 0 Å². The molecular formula is C18H21N7O2. The minimum Gasteiger partial charge on any atom is -0.381 e. The Hall–Kier alpha value is -3.07. The second kappa shape index (κ2) is 7.67. The van der Waals surface area contributed by atoms with E-state index in [2.05, 4.69) is 30.7 Å². The van der Waals surface area contributed by atoms with Gasteiger partial charge in [-0.2, -0.15) is 15.4 Å². The van der Waals surface area contributed by atoms with Gasteiger partial charge in [-0.1, -0.05) is 0 Å². The molecule has 0 unspecified atom stereocenters. The van der Waals surface area contributed by atoms with Crippen LogP contribution in [0.25, 0.3) is 11.0 Å². The zero-order valence-corrected chi connectivity index (χ0v) is 15.1. The first kappa shape index (κ1) is 17.3. The molecule has 1 saturated heterocycles. The first-order chi connectivity index (χ1) is 13.2. The smallest absolute Gasteiger partial charge is 0.253 e. The molecule has 1 aliphatic rings. The molecule has 140 valence electrons. The quantitative estimate of drug-likeness (QED) is 0.678. The number of nitrogens with zero attached hydrogens (tertiary/aromatic N) is 5. The van der Waals surface area contributed by atoms with Crippen LogP contribution in [-0.2, 0) is 4.74 Å². The number of ether oxygens (including phenoxy) is 1. The van der Waals surface area contributed by atoms with Gasteiger partial charge in [0.05, 0.1) is 12.3 Å². The number of rotatable bonds is 6. The Bertz CT molecular complexity index is 936. The maximum Gasteiger partial charge on any atom is 0.253 e. The molecule has 9 heteroatoms. The largest absolute Gasteiger partial charge is 0.381 e. The lowest BCUT2D eigenvalue weighted by molar-refractivity contribution is 0.0800. The van der Waals surface area contributed by atoms with Crippen molar-refractivity contribution in [3.8, 4) is 0 Å². The van der Waals surface area contributed by atoms with Gasteiger partial charge in [0.1, 0.15) is 23.2 Å². The van der Waals surface area contributed by atoms with Crippen LogP contribution in [-0.4, -0.2) is 69.5 Å². The Morgan fingerprint density at radius 3 is 3.04 bits per heavy atom. The molecule has 2 N–H and O–H groups in total. The molecule has 0 bridgehead atoms. The van der Waals surface area contributed by atoms with Gasteiger partial charge >= 0.3 is 0 Å². The minimum absolute atomic E-state index is 0.0619. The first-order valence-corrected chi connectivity index (χ1v) is 8.90. The number of hydrogen-bond acceptors (Lipinski definition) is 7. The molecule has 1 aliphatic heterocycles. The number of carbonyl (C=O) groups excluding carboxylic acids is 1. The monoisotopic (exact) mass is 367 g/mol. The van der Waals surface area contributed by atoms with Crippen LogP contribution >= 0.6 is 0 Å². The molecule has 4 rings (SSSR count). The van der Waals surface area contributed by atoms with E-state index >= 15 is 0 Å². The molecule has 9 nitrogen and oxygen atoms in total. The molecule has 0 spiro atoms. The Morgan fingerprint density at radius 1 is 1.30 bits per heavy atom. The fraction of sp³-hybridized carbons (Fsp3) is 0.389. The number of aromatic amines is 1. The topological polar surface area (TPSA) is 109 Å². The van der Waals surface area contributed by atoms with Gasteiger partial charge in [0.15, 0.2) is 0 Å². The van der Waals surface area contributed by atoms with Crippen molar-refractivity contribution in [3.63, 3.8) is 0 Å². The average molecular weight is 367 g/mol. The SMILES string of the molecule is CN(CCNc1cc([C@H]2CCOC2)ncn1)C(=O)c1ccc2n[nH]nc2c1. The summed E-state index contributed by atoms with van der Waals surface area (Å²) in [5.74, 6) is 1.04. The van der Waals surface area contributed by atoms with Crippen LogP contribution in [0.4, 0.5) is 5.82 Å². The lowest BCUT2D eigenvalue weighted by atomic mass is 10.1. The molecule has 27 heavy (non-hydrogen) atoms. The molecule has 1 amide bonds. The lowest BCUT2D eigenvalue weighted by Crippen LogP contribution is -2.31. The summed E-state index contributed by atoms with van der Waals surface area (Å²) in [5, 5.41) is 13.8. The van der Waals surface area contributed by atoms with Crippen molar-refractivity contribution >= 4 is 22.8 Å². The Kier molecular flexibility index (Phi) is 4.93. The number of aromatic nitrogens is 5. The fourth-order valence-electron chi connectivity index (χ4n) is 3.11. The van der Waals surface area contributed by atoms with Gasteiger partial charge in [0.25, 0.3) is 5.91 Å². The van der Waals surface area contributed by atoms with E-state index in [0.29, 0.717) is 36.7 Å². The zero-order chi connectivity index (χ0) is 18.6. The third-order valence-corrected chi connectivity index (χ3v) is 4.70. The van der Waals surface area contributed by atoms with Crippen LogP contribution in [0.3, 0.4) is 0 Å². The number of likely N-dealkylation sites (N-methyl/N-ethyl adjacent to an activating group) is 1. The predicted molar refractivity (Wildman–Crippen MR) is 99.5 cm³/mol. The lowest BCUT2D eigenvalue weighted by Gasteiger charge is -2.18. The second-order valence-electron chi connectivity index (χ2n) is 6.57. The first-order valence-electron chi connectivity index (χ1n) is 8.90. The Labute approximate surface area is 156 Å². The van der Waals surface area contributed by atoms with Crippen LogP contribution in [0.15, 0.2) is 30.6 Å². The van der Waals surface area contributed by atoms with Gasteiger partial charge in [0, 0.05) is 44.3 Å². The summed E-state index contributed by atoms with van der Waals surface area (Å²) in [4.78, 5) is 22.8. The van der Waals surface area contributed by atoms with E-state index in [1.807, 2.05) is 6.07 Å². The van der Waals surface area contributed by atoms with Gasteiger partial charge in [-0.05, 0) is 24.6 Å². The molecule has 1 atom stereocenters. The second-order valence-corrected chi connectivity index (χ2v) is 6.57. The zero-order valence-electron chi connectivity index (χ0n) is 15.1. The van der Waals surface area contributed by atoms with E-state index in [0.717, 1.165) is 30.1 Å². The Morgan fingerprint density at radius 2 is 2.19 bits per heavy atom. The van der Waals surface area contributed by atoms with Crippen molar-refractivity contribution in [1.82, 2.24) is 30.3 Å². The highest BCUT2D eigenvalue weighted by Crippen LogP contribution is 2.24. The summed E-state index contributed by atoms with van der Waals surface area (Å²) in [5.41, 5.74) is 3.00. The van der Waals surface area contributed by atoms with Crippen LogP contribution in [0.1, 0.15) is 28.4 Å². The molecule has 3 heterocycles. The van der Waals surface area contributed by atoms with E-state index in [4.69, 9.17) is 4.74 Å². The van der Waals surface area contributed by atoms with Crippen LogP contribution in [0.5, 0.6) is 0 Å². The van der Waals surface area contributed by atoms with Crippen molar-refractivity contribution < 1.29 is 9.53 Å². The third kappa shape index (κ3) is 3.87. The fourth-order valence-corrected chi connectivity index (χ4v) is 3.11. The number of H-pyrrole nitrogens is 1. The van der Waals surface area contributed by atoms with Crippen LogP contribution in [0.2, 0.25) is 0 Å². The standard InChI is InChI=1S/C18H21N7O2/c1-25(18(26)12-2-3-14-16(8-12)23-24-22-14)6-5-19-17-9-15(20-11-21-17)13-4-7-27-10-13/h2-3,8-9,11,13H,4-7,10H2,1H3,(H,19,20,21)(H,22,23,24)/t13-/m0/s1. The van der Waals surface area contributed by atoms with E-state index < -0.39 is 0 Å². The third-order valence-electron chi connectivity index (χ3n) is 4.70. The molecule has 0 radical (unpaired) electrons. The van der Waals surface area contributed by atoms with Crippen LogP contribution < -0.4 is 5.32 Å². The summed E-state index contributed by atoms with van der Waals surface area (Å²) in [6.45, 7) is 2.63. The predicted octanol–water partition coefficient (Wildman–Crippen LogP) is 1.44. The van der Waals surface area contributed by atoms with E-state index in [9.17, 15) is 4.79 Å². The average Bonchev–Trinajstić information content (AvgIpc) is 3.38. The van der Waals surface area contributed by atoms with E-state index in [-0.39, 0.29) is 5.91 Å². The van der Waals surface area contributed by atoms with Gasteiger partial charge in [-0.15, -0.1) is 0 Å². The molecule has 1 fully saturated rings. The van der Waals surface area contributed by atoms with Gasteiger partial charge in [-0.3, -0.25) is 4.79 Å². The number of fused-ring (bicyclic) bond motifs is 1. The number of nitrogens with one attached hydrogen (secondary N) is 2. The van der Waals surface area contributed by atoms with Gasteiger partial charge < -0.3 is 15.0 Å². The van der Waals surface area contributed by atoms with Gasteiger partial charge in [-0.25, -0.2) is 9.97 Å². The Balaban J connectivity index is 1.33. The normalized spacial score (nSPS) is 16.6. The molecule has 1 aromatic carbocycles. The maximum atomic E-state index is 12.6. The molecule has 0 saturated carbocycles. The van der Waals surface area contributed by atoms with Crippen LogP contribution in [0, 0.1) is 0 Å². The molecule has 2 aromatic heterocycles. The van der Waals surface area contributed by atoms with E-state index in [1.54, 1.807) is 36.5 Å². The summed E-state index contributed by atoms with van der Waals surface area (Å²) in [6.07, 6.45) is 2.56. The molecule has 0 aliphatic carbocycles. The minimum atomic E-state index is -0.0619. The van der Waals surface area contributed by atoms with Crippen molar-refractivity contribution in [2.75, 3.05) is 38.7 Å². The van der Waals surface area contributed by atoms with E-state index in [1.165, 1.54) is 0 Å². The highest BCUT2D eigenvalue weighted by atomic mass is 16.5. The number of amides is 1. The molecular weight excluding hydrogens is 346 g/mol. The van der Waals surface area contributed by atoms with Crippen molar-refractivity contribution in [2.45, 2.75) is 12.3 Å². The number of anilines is 1. The highest BCUT2D eigenvalue weighted by molar-refractivity contribution is 5.97. The van der Waals surface area contributed by atoms with Crippen molar-refractivity contribution in [1.29, 1.82) is 0 Å². The summed E-state index contributed by atoms with van der Waals surface area (Å²) < 4.78 is 5.42.